The van der Waals surface area contributed by atoms with Gasteiger partial charge in [0.05, 0.1) is 17.1 Å². The zero-order valence-electron chi connectivity index (χ0n) is 11.1. The van der Waals surface area contributed by atoms with E-state index in [1.54, 1.807) is 6.07 Å². The van der Waals surface area contributed by atoms with Gasteiger partial charge in [-0.05, 0) is 25.0 Å². The Bertz CT molecular complexity index is 545. The summed E-state index contributed by atoms with van der Waals surface area (Å²) in [5.74, 6) is 0. The minimum absolute atomic E-state index is 0.000793. The van der Waals surface area contributed by atoms with Crippen LogP contribution in [0.2, 0.25) is 0 Å². The topological polar surface area (TPSA) is 99.2 Å². The number of nitriles is 1. The number of hydrogen-bond acceptors (Lipinski definition) is 5. The number of hydrogen-bond donors (Lipinski definition) is 2. The van der Waals surface area contributed by atoms with Gasteiger partial charge in [-0.15, -0.1) is 0 Å². The molecule has 0 spiro atoms. The van der Waals surface area contributed by atoms with Crippen molar-refractivity contribution >= 4 is 11.4 Å². The highest BCUT2D eigenvalue weighted by Crippen LogP contribution is 2.32. The molecule has 2 rings (SSSR count). The van der Waals surface area contributed by atoms with Crippen LogP contribution in [0.5, 0.6) is 0 Å². The van der Waals surface area contributed by atoms with Crippen molar-refractivity contribution in [1.82, 2.24) is 0 Å². The van der Waals surface area contributed by atoms with Gasteiger partial charge < -0.3 is 10.4 Å². The van der Waals surface area contributed by atoms with Gasteiger partial charge in [-0.3, -0.25) is 10.1 Å². The molecule has 0 aromatic heterocycles. The number of nitro benzene ring substituents is 1. The van der Waals surface area contributed by atoms with Gasteiger partial charge in [0, 0.05) is 11.8 Å². The predicted octanol–water partition coefficient (Wildman–Crippen LogP) is 2.57. The highest BCUT2D eigenvalue weighted by molar-refractivity contribution is 5.60. The minimum Gasteiger partial charge on any atom is -0.394 e. The zero-order chi connectivity index (χ0) is 14.6. The number of aliphatic hydroxyl groups is 1. The van der Waals surface area contributed by atoms with E-state index < -0.39 is 10.5 Å². The fourth-order valence-electron chi connectivity index (χ4n) is 2.71. The van der Waals surface area contributed by atoms with Crippen LogP contribution in [0.4, 0.5) is 11.4 Å². The average Bonchev–Trinajstić information content (AvgIpc) is 2.48. The molecular formula is C14H17N3O3. The van der Waals surface area contributed by atoms with Crippen LogP contribution in [0.3, 0.4) is 0 Å². The van der Waals surface area contributed by atoms with Crippen molar-refractivity contribution < 1.29 is 10.0 Å². The standard InChI is InChI=1S/C14H17N3O3/c15-9-11-4-5-12(8-13(11)17(19)20)16-14(10-18)6-2-1-3-7-14/h4-5,8,16,18H,1-3,6-7,10H2. The van der Waals surface area contributed by atoms with Crippen molar-refractivity contribution in [3.63, 3.8) is 0 Å². The van der Waals surface area contributed by atoms with Gasteiger partial charge >= 0.3 is 0 Å². The first kappa shape index (κ1) is 14.3. The molecule has 1 aromatic carbocycles. The Morgan fingerprint density at radius 3 is 2.65 bits per heavy atom. The normalized spacial score (nSPS) is 17.2. The lowest BCUT2D eigenvalue weighted by Crippen LogP contribution is -2.43. The lowest BCUT2D eigenvalue weighted by Gasteiger charge is -2.37. The van der Waals surface area contributed by atoms with Gasteiger partial charge in [0.1, 0.15) is 11.6 Å². The van der Waals surface area contributed by atoms with Crippen LogP contribution in [-0.2, 0) is 0 Å². The number of nitrogens with zero attached hydrogens (tertiary/aromatic N) is 2. The molecule has 0 radical (unpaired) electrons. The minimum atomic E-state index is -0.559. The first-order valence-corrected chi connectivity index (χ1v) is 6.68. The molecule has 2 N–H and O–H groups in total. The van der Waals surface area contributed by atoms with Crippen molar-refractivity contribution in [2.45, 2.75) is 37.6 Å². The molecule has 1 aliphatic carbocycles. The summed E-state index contributed by atoms with van der Waals surface area (Å²) in [6, 6.07) is 6.27. The van der Waals surface area contributed by atoms with E-state index in [2.05, 4.69) is 5.32 Å². The molecule has 0 saturated heterocycles. The van der Waals surface area contributed by atoms with E-state index in [1.165, 1.54) is 12.1 Å². The lowest BCUT2D eigenvalue weighted by molar-refractivity contribution is -0.385. The van der Waals surface area contributed by atoms with Crippen LogP contribution in [-0.4, -0.2) is 22.2 Å². The molecular weight excluding hydrogens is 258 g/mol. The Balaban J connectivity index is 2.27. The fraction of sp³-hybridized carbons (Fsp3) is 0.500. The fourth-order valence-corrected chi connectivity index (χ4v) is 2.71. The Hall–Kier alpha value is -2.13. The molecule has 1 aliphatic rings. The SMILES string of the molecule is N#Cc1ccc(NC2(CO)CCCCC2)cc1[N+](=O)[O-]. The molecule has 6 heteroatoms. The first-order valence-electron chi connectivity index (χ1n) is 6.68. The van der Waals surface area contributed by atoms with E-state index in [9.17, 15) is 15.2 Å². The van der Waals surface area contributed by atoms with Crippen molar-refractivity contribution in [3.8, 4) is 6.07 Å². The number of benzene rings is 1. The van der Waals surface area contributed by atoms with E-state index in [0.717, 1.165) is 32.1 Å². The molecule has 0 heterocycles. The van der Waals surface area contributed by atoms with Crippen molar-refractivity contribution in [2.75, 3.05) is 11.9 Å². The van der Waals surface area contributed by atoms with Crippen molar-refractivity contribution in [2.24, 2.45) is 0 Å². The van der Waals surface area contributed by atoms with Crippen molar-refractivity contribution in [1.29, 1.82) is 5.26 Å². The maximum absolute atomic E-state index is 11.0. The summed E-state index contributed by atoms with van der Waals surface area (Å²) in [5.41, 5.74) is 0.00981. The quantitative estimate of drug-likeness (QED) is 0.650. The third-order valence-corrected chi connectivity index (χ3v) is 3.84. The van der Waals surface area contributed by atoms with Crippen LogP contribution in [0.15, 0.2) is 18.2 Å². The smallest absolute Gasteiger partial charge is 0.289 e. The summed E-state index contributed by atoms with van der Waals surface area (Å²) < 4.78 is 0. The predicted molar refractivity (Wildman–Crippen MR) is 74.3 cm³/mol. The Morgan fingerprint density at radius 1 is 1.40 bits per heavy atom. The summed E-state index contributed by atoms with van der Waals surface area (Å²) in [7, 11) is 0. The average molecular weight is 275 g/mol. The van der Waals surface area contributed by atoms with Gasteiger partial charge in [0.2, 0.25) is 0 Å². The monoisotopic (exact) mass is 275 g/mol. The van der Waals surface area contributed by atoms with Gasteiger partial charge in [0.15, 0.2) is 0 Å². The zero-order valence-corrected chi connectivity index (χ0v) is 11.1. The summed E-state index contributed by atoms with van der Waals surface area (Å²) >= 11 is 0. The van der Waals surface area contributed by atoms with E-state index in [4.69, 9.17) is 5.26 Å². The largest absolute Gasteiger partial charge is 0.394 e. The second-order valence-corrected chi connectivity index (χ2v) is 5.22. The molecule has 106 valence electrons. The van der Waals surface area contributed by atoms with Crippen LogP contribution >= 0.6 is 0 Å². The van der Waals surface area contributed by atoms with Gasteiger partial charge in [-0.2, -0.15) is 5.26 Å². The summed E-state index contributed by atoms with van der Waals surface area (Å²) in [4.78, 5) is 10.4. The number of anilines is 1. The molecule has 20 heavy (non-hydrogen) atoms. The van der Waals surface area contributed by atoms with Crippen LogP contribution in [0.25, 0.3) is 0 Å². The van der Waals surface area contributed by atoms with Crippen molar-refractivity contribution in [3.05, 3.63) is 33.9 Å². The molecule has 6 nitrogen and oxygen atoms in total. The summed E-state index contributed by atoms with van der Waals surface area (Å²) in [6.45, 7) is 0.000793. The highest BCUT2D eigenvalue weighted by atomic mass is 16.6. The van der Waals surface area contributed by atoms with Crippen LogP contribution in [0, 0.1) is 21.4 Å². The molecule has 1 saturated carbocycles. The third-order valence-electron chi connectivity index (χ3n) is 3.84. The van der Waals surface area contributed by atoms with Crippen LogP contribution < -0.4 is 5.32 Å². The van der Waals surface area contributed by atoms with Gasteiger partial charge in [-0.1, -0.05) is 19.3 Å². The molecule has 0 bridgehead atoms. The Labute approximate surface area is 117 Å². The summed E-state index contributed by atoms with van der Waals surface area (Å²) in [5, 5.41) is 32.7. The second-order valence-electron chi connectivity index (χ2n) is 5.22. The molecule has 0 amide bonds. The maximum Gasteiger partial charge on any atom is 0.289 e. The molecule has 0 atom stereocenters. The molecule has 1 aromatic rings. The highest BCUT2D eigenvalue weighted by Gasteiger charge is 2.31. The second kappa shape index (κ2) is 5.88. The van der Waals surface area contributed by atoms with E-state index in [0.29, 0.717) is 5.69 Å². The van der Waals surface area contributed by atoms with E-state index in [-0.39, 0.29) is 17.9 Å². The number of aliphatic hydroxyl groups excluding tert-OH is 1. The number of rotatable bonds is 4. The van der Waals surface area contributed by atoms with E-state index in [1.807, 2.05) is 6.07 Å². The van der Waals surface area contributed by atoms with Crippen LogP contribution in [0.1, 0.15) is 37.7 Å². The molecule has 1 fully saturated rings. The van der Waals surface area contributed by atoms with Gasteiger partial charge in [0.25, 0.3) is 5.69 Å². The summed E-state index contributed by atoms with van der Waals surface area (Å²) in [6.07, 6.45) is 4.91. The third kappa shape index (κ3) is 2.89. The molecule has 0 aliphatic heterocycles. The maximum atomic E-state index is 11.0. The first-order chi connectivity index (χ1) is 9.60. The Morgan fingerprint density at radius 2 is 2.10 bits per heavy atom. The molecule has 0 unspecified atom stereocenters. The lowest BCUT2D eigenvalue weighted by atomic mass is 9.82. The number of nitro groups is 1. The van der Waals surface area contributed by atoms with Gasteiger partial charge in [-0.25, -0.2) is 0 Å². The number of nitrogens with one attached hydrogen (secondary N) is 1. The Kier molecular flexibility index (Phi) is 4.20. The van der Waals surface area contributed by atoms with E-state index >= 15 is 0 Å².